The summed E-state index contributed by atoms with van der Waals surface area (Å²) < 4.78 is 18.3. The molecule has 3 aromatic rings. The number of aliphatic hydroxyl groups is 1. The van der Waals surface area contributed by atoms with Gasteiger partial charge in [-0.1, -0.05) is 13.8 Å². The Kier molecular flexibility index (Phi) is 8.00. The van der Waals surface area contributed by atoms with Gasteiger partial charge in [-0.2, -0.15) is 0 Å². The highest BCUT2D eigenvalue weighted by molar-refractivity contribution is 5.90. The Morgan fingerprint density at radius 1 is 1.14 bits per heavy atom. The van der Waals surface area contributed by atoms with Crippen molar-refractivity contribution in [3.05, 3.63) is 56.9 Å². The highest BCUT2D eigenvalue weighted by Gasteiger charge is 2.45. The number of nitrogens with zero attached hydrogens (tertiary/aromatic N) is 4. The van der Waals surface area contributed by atoms with E-state index < -0.39 is 17.2 Å². The van der Waals surface area contributed by atoms with Crippen LogP contribution in [0.4, 0.5) is 4.79 Å². The van der Waals surface area contributed by atoms with E-state index in [9.17, 15) is 19.5 Å². The third-order valence-corrected chi connectivity index (χ3v) is 8.10. The topological polar surface area (TPSA) is 123 Å². The maximum Gasteiger partial charge on any atom is 0.410 e. The Labute approximate surface area is 251 Å². The fourth-order valence-corrected chi connectivity index (χ4v) is 5.64. The number of pyridine rings is 2. The van der Waals surface area contributed by atoms with Gasteiger partial charge in [-0.25, -0.2) is 14.6 Å². The maximum absolute atomic E-state index is 13.6. The van der Waals surface area contributed by atoms with Crippen molar-refractivity contribution in [2.24, 2.45) is 0 Å². The molecule has 11 nitrogen and oxygen atoms in total. The largest absolute Gasteiger partial charge is 0.478 e. The van der Waals surface area contributed by atoms with Crippen LogP contribution < -0.4 is 10.3 Å². The van der Waals surface area contributed by atoms with Crippen molar-refractivity contribution >= 4 is 23.0 Å². The lowest BCUT2D eigenvalue weighted by molar-refractivity contribution is -0.172. The summed E-state index contributed by atoms with van der Waals surface area (Å²) in [4.78, 5) is 46.7. The smallest absolute Gasteiger partial charge is 0.410 e. The standard InChI is InChI=1S/C32H40N4O7/c1-8-20-21-14-19(42-18-34(6)12-13-35(7)30(39)43-31(3,4)5)10-11-25(21)33-27-22(20)16-36-26(27)15-24-23(28(36)37)17-41-29(38)32(24,40)9-2/h10-11,14-15,40H,8-9,12-13,16-18H2,1-7H3/t32-/m0/s1. The van der Waals surface area contributed by atoms with Crippen LogP contribution in [0.25, 0.3) is 22.3 Å². The van der Waals surface area contributed by atoms with E-state index in [1.54, 1.807) is 29.5 Å². The van der Waals surface area contributed by atoms with Gasteiger partial charge < -0.3 is 28.8 Å². The average Bonchev–Trinajstić information content (AvgIpc) is 3.33. The second-order valence-electron chi connectivity index (χ2n) is 12.3. The zero-order valence-corrected chi connectivity index (χ0v) is 25.9. The predicted octanol–water partition coefficient (Wildman–Crippen LogP) is 3.78. The first-order valence-corrected chi connectivity index (χ1v) is 14.7. The lowest BCUT2D eigenvalue weighted by Crippen LogP contribution is -2.44. The van der Waals surface area contributed by atoms with E-state index in [1.807, 2.05) is 50.9 Å². The molecule has 1 aromatic carbocycles. The van der Waals surface area contributed by atoms with Crippen molar-refractivity contribution in [2.75, 3.05) is 33.9 Å². The van der Waals surface area contributed by atoms with E-state index in [2.05, 4.69) is 6.92 Å². The molecule has 4 heterocycles. The Bertz CT molecular complexity index is 1660. The van der Waals surface area contributed by atoms with Gasteiger partial charge in [0.25, 0.3) is 5.56 Å². The molecule has 2 aliphatic heterocycles. The molecule has 230 valence electrons. The molecule has 0 saturated carbocycles. The quantitative estimate of drug-likeness (QED) is 0.241. The van der Waals surface area contributed by atoms with Crippen molar-refractivity contribution in [1.29, 1.82) is 0 Å². The first-order chi connectivity index (χ1) is 20.3. The first kappa shape index (κ1) is 30.5. The van der Waals surface area contributed by atoms with E-state index in [4.69, 9.17) is 19.2 Å². The van der Waals surface area contributed by atoms with Crippen LogP contribution in [0.2, 0.25) is 0 Å². The number of fused-ring (bicyclic) bond motifs is 5. The van der Waals surface area contributed by atoms with Gasteiger partial charge in [0.05, 0.1) is 29.0 Å². The van der Waals surface area contributed by atoms with Gasteiger partial charge in [-0.15, -0.1) is 0 Å². The van der Waals surface area contributed by atoms with Crippen molar-refractivity contribution in [3.8, 4) is 17.1 Å². The molecule has 2 aliphatic rings. The van der Waals surface area contributed by atoms with E-state index >= 15 is 0 Å². The normalized spacial score (nSPS) is 17.4. The summed E-state index contributed by atoms with van der Waals surface area (Å²) in [6.45, 7) is 10.9. The molecule has 0 bridgehead atoms. The zero-order chi connectivity index (χ0) is 31.3. The number of carbonyl (C=O) groups is 2. The van der Waals surface area contributed by atoms with E-state index in [0.29, 0.717) is 61.1 Å². The van der Waals surface area contributed by atoms with E-state index in [1.165, 1.54) is 0 Å². The number of hydrogen-bond donors (Lipinski definition) is 1. The highest BCUT2D eigenvalue weighted by atomic mass is 16.6. The molecule has 0 fully saturated rings. The summed E-state index contributed by atoms with van der Waals surface area (Å²) >= 11 is 0. The lowest BCUT2D eigenvalue weighted by Gasteiger charge is -2.31. The van der Waals surface area contributed by atoms with Crippen molar-refractivity contribution in [1.82, 2.24) is 19.4 Å². The number of rotatable bonds is 8. The summed E-state index contributed by atoms with van der Waals surface area (Å²) in [5.41, 5.74) is 1.98. The number of hydrogen-bond acceptors (Lipinski definition) is 9. The van der Waals surface area contributed by atoms with Crippen LogP contribution in [0.3, 0.4) is 0 Å². The van der Waals surface area contributed by atoms with Crippen molar-refractivity contribution < 1.29 is 28.9 Å². The number of carbonyl (C=O) groups excluding carboxylic acids is 2. The fraction of sp³-hybridized carbons (Fsp3) is 0.500. The Hall–Kier alpha value is -3.96. The molecule has 1 amide bonds. The Balaban J connectivity index is 1.38. The number of esters is 1. The zero-order valence-electron chi connectivity index (χ0n) is 25.9. The first-order valence-electron chi connectivity index (χ1n) is 14.7. The molecule has 43 heavy (non-hydrogen) atoms. The highest BCUT2D eigenvalue weighted by Crippen LogP contribution is 2.40. The molecule has 5 rings (SSSR count). The number of likely N-dealkylation sites (N-methyl/N-ethyl adjacent to an activating group) is 2. The summed E-state index contributed by atoms with van der Waals surface area (Å²) in [6.07, 6.45) is 0.444. The van der Waals surface area contributed by atoms with E-state index in [0.717, 1.165) is 22.0 Å². The molecule has 1 N–H and O–H groups in total. The SMILES string of the molecule is CCc1c2c(nc3ccc(OCN(C)CCN(C)C(=O)OC(C)(C)C)cc13)-c1cc3c(c(=O)n1C2)COC(=O)[C@]3(O)CC. The minimum atomic E-state index is -1.86. The van der Waals surface area contributed by atoms with Crippen LogP contribution in [0, 0.1) is 0 Å². The van der Waals surface area contributed by atoms with Crippen LogP contribution in [0.5, 0.6) is 5.75 Å². The monoisotopic (exact) mass is 592 g/mol. The summed E-state index contributed by atoms with van der Waals surface area (Å²) in [6, 6.07) is 7.47. The number of cyclic esters (lactones) is 1. The molecular formula is C32H40N4O7. The minimum absolute atomic E-state index is 0.0956. The molecule has 0 radical (unpaired) electrons. The van der Waals surface area contributed by atoms with E-state index in [-0.39, 0.29) is 24.7 Å². The van der Waals surface area contributed by atoms with Crippen LogP contribution in [-0.4, -0.2) is 76.0 Å². The van der Waals surface area contributed by atoms with Gasteiger partial charge in [-0.3, -0.25) is 9.69 Å². The molecule has 0 saturated heterocycles. The fourth-order valence-electron chi connectivity index (χ4n) is 5.64. The average molecular weight is 593 g/mol. The molecule has 0 unspecified atom stereocenters. The van der Waals surface area contributed by atoms with Crippen LogP contribution in [-0.2, 0) is 39.4 Å². The van der Waals surface area contributed by atoms with Gasteiger partial charge in [-0.05, 0) is 70.5 Å². The summed E-state index contributed by atoms with van der Waals surface area (Å²) in [5.74, 6) is -0.0536. The second-order valence-corrected chi connectivity index (χ2v) is 12.3. The van der Waals surface area contributed by atoms with Gasteiger partial charge in [0, 0.05) is 36.7 Å². The number of benzene rings is 1. The molecule has 1 atom stereocenters. The molecule has 2 aromatic heterocycles. The number of amides is 1. The number of aromatic nitrogens is 2. The Morgan fingerprint density at radius 2 is 1.88 bits per heavy atom. The van der Waals surface area contributed by atoms with Crippen molar-refractivity contribution in [2.45, 2.75) is 71.8 Å². The Morgan fingerprint density at radius 3 is 2.56 bits per heavy atom. The van der Waals surface area contributed by atoms with Gasteiger partial charge in [0.2, 0.25) is 0 Å². The predicted molar refractivity (Wildman–Crippen MR) is 161 cm³/mol. The number of ether oxygens (including phenoxy) is 3. The molecular weight excluding hydrogens is 552 g/mol. The summed E-state index contributed by atoms with van der Waals surface area (Å²) in [7, 11) is 3.63. The van der Waals surface area contributed by atoms with Gasteiger partial charge in [0.1, 0.15) is 24.7 Å². The van der Waals surface area contributed by atoms with Gasteiger partial charge in [0.15, 0.2) is 5.60 Å². The summed E-state index contributed by atoms with van der Waals surface area (Å²) in [5, 5.41) is 12.1. The molecule has 0 spiro atoms. The third kappa shape index (κ3) is 5.59. The lowest BCUT2D eigenvalue weighted by atomic mass is 9.86. The molecule has 11 heteroatoms. The second kappa shape index (κ2) is 11.3. The number of aryl methyl sites for hydroxylation is 1. The van der Waals surface area contributed by atoms with Crippen molar-refractivity contribution in [3.63, 3.8) is 0 Å². The van der Waals surface area contributed by atoms with Crippen LogP contribution >= 0.6 is 0 Å². The third-order valence-electron chi connectivity index (χ3n) is 8.10. The maximum atomic E-state index is 13.6. The van der Waals surface area contributed by atoms with Crippen LogP contribution in [0.1, 0.15) is 63.3 Å². The van der Waals surface area contributed by atoms with Crippen LogP contribution in [0.15, 0.2) is 29.1 Å². The minimum Gasteiger partial charge on any atom is -0.478 e. The van der Waals surface area contributed by atoms with Gasteiger partial charge >= 0.3 is 12.1 Å². The molecule has 0 aliphatic carbocycles.